The SMILES string of the molecule is Cc1ncc(CN2CCN(C(=O)C(C)C(N)c3ccccc3)CC2)s1.Cl.Cl.Cl. The van der Waals surface area contributed by atoms with Gasteiger partial charge in [-0.25, -0.2) is 4.98 Å². The van der Waals surface area contributed by atoms with E-state index < -0.39 is 0 Å². The molecule has 1 aliphatic heterocycles. The first-order valence-electron chi connectivity index (χ1n) is 8.77. The van der Waals surface area contributed by atoms with E-state index in [0.29, 0.717) is 0 Å². The van der Waals surface area contributed by atoms with Crippen LogP contribution in [0.15, 0.2) is 36.5 Å². The molecule has 1 amide bonds. The Morgan fingerprint density at radius 3 is 2.29 bits per heavy atom. The van der Waals surface area contributed by atoms with E-state index in [1.54, 1.807) is 11.3 Å². The third-order valence-electron chi connectivity index (χ3n) is 4.85. The summed E-state index contributed by atoms with van der Waals surface area (Å²) in [6.45, 7) is 8.22. The maximum absolute atomic E-state index is 12.8. The van der Waals surface area contributed by atoms with Crippen LogP contribution >= 0.6 is 48.6 Å². The van der Waals surface area contributed by atoms with Crippen LogP contribution in [0.4, 0.5) is 0 Å². The van der Waals surface area contributed by atoms with Gasteiger partial charge in [0, 0.05) is 49.8 Å². The molecule has 0 radical (unpaired) electrons. The number of carbonyl (C=O) groups excluding carboxylic acids is 1. The minimum absolute atomic E-state index is 0. The Morgan fingerprint density at radius 2 is 1.75 bits per heavy atom. The second-order valence-electron chi connectivity index (χ2n) is 6.67. The smallest absolute Gasteiger partial charge is 0.227 e. The molecule has 0 aliphatic carbocycles. The highest BCUT2D eigenvalue weighted by molar-refractivity contribution is 7.11. The van der Waals surface area contributed by atoms with Crippen LogP contribution in [-0.2, 0) is 11.3 Å². The molecule has 1 aromatic heterocycles. The summed E-state index contributed by atoms with van der Waals surface area (Å²) in [6, 6.07) is 9.62. The fraction of sp³-hybridized carbons (Fsp3) is 0.474. The fourth-order valence-corrected chi connectivity index (χ4v) is 4.07. The van der Waals surface area contributed by atoms with Gasteiger partial charge in [-0.05, 0) is 12.5 Å². The van der Waals surface area contributed by atoms with E-state index in [1.807, 2.05) is 55.3 Å². The molecule has 2 heterocycles. The summed E-state index contributed by atoms with van der Waals surface area (Å²) in [5, 5.41) is 1.10. The van der Waals surface area contributed by atoms with Gasteiger partial charge in [0.25, 0.3) is 0 Å². The second-order valence-corrected chi connectivity index (χ2v) is 7.99. The Morgan fingerprint density at radius 1 is 1.14 bits per heavy atom. The van der Waals surface area contributed by atoms with Crippen molar-refractivity contribution in [2.24, 2.45) is 11.7 Å². The molecule has 1 aromatic carbocycles. The monoisotopic (exact) mass is 466 g/mol. The molecule has 3 rings (SSSR count). The van der Waals surface area contributed by atoms with Crippen molar-refractivity contribution in [3.8, 4) is 0 Å². The minimum atomic E-state index is -0.258. The number of piperazine rings is 1. The standard InChI is InChI=1S/C19H26N4OS.3ClH/c1-14(18(20)16-6-4-3-5-7-16)19(24)23-10-8-22(9-11-23)13-17-12-21-15(2)25-17;;;/h3-7,12,14,18H,8-11,13,20H2,1-2H3;3*1H. The van der Waals surface area contributed by atoms with Gasteiger partial charge in [-0.2, -0.15) is 0 Å². The fourth-order valence-electron chi connectivity index (χ4n) is 3.23. The van der Waals surface area contributed by atoms with Crippen molar-refractivity contribution in [3.05, 3.63) is 52.0 Å². The molecule has 2 aromatic rings. The van der Waals surface area contributed by atoms with Gasteiger partial charge in [0.05, 0.1) is 10.9 Å². The van der Waals surface area contributed by atoms with E-state index in [9.17, 15) is 4.79 Å². The number of aromatic nitrogens is 1. The third-order valence-corrected chi connectivity index (χ3v) is 5.74. The van der Waals surface area contributed by atoms with Gasteiger partial charge < -0.3 is 10.6 Å². The number of nitrogens with zero attached hydrogens (tertiary/aromatic N) is 3. The number of thiazole rings is 1. The van der Waals surface area contributed by atoms with Crippen molar-refractivity contribution < 1.29 is 4.79 Å². The highest BCUT2D eigenvalue weighted by Crippen LogP contribution is 2.22. The van der Waals surface area contributed by atoms with Crippen LogP contribution in [0.2, 0.25) is 0 Å². The molecular weight excluding hydrogens is 439 g/mol. The van der Waals surface area contributed by atoms with E-state index in [2.05, 4.69) is 9.88 Å². The predicted molar refractivity (Wildman–Crippen MR) is 123 cm³/mol. The Balaban J connectivity index is 0.00000243. The average Bonchev–Trinajstić information content (AvgIpc) is 3.06. The summed E-state index contributed by atoms with van der Waals surface area (Å²) >= 11 is 1.75. The maximum Gasteiger partial charge on any atom is 0.227 e. The largest absolute Gasteiger partial charge is 0.340 e. The van der Waals surface area contributed by atoms with Gasteiger partial charge in [0.2, 0.25) is 5.91 Å². The van der Waals surface area contributed by atoms with Crippen LogP contribution in [0.1, 0.15) is 28.4 Å². The number of nitrogens with two attached hydrogens (primary N) is 1. The van der Waals surface area contributed by atoms with E-state index in [0.717, 1.165) is 43.3 Å². The summed E-state index contributed by atoms with van der Waals surface area (Å²) in [7, 11) is 0. The number of amides is 1. The third kappa shape index (κ3) is 6.87. The lowest BCUT2D eigenvalue weighted by Crippen LogP contribution is -2.50. The molecular formula is C19H29Cl3N4OS. The molecule has 1 aliphatic rings. The quantitative estimate of drug-likeness (QED) is 0.728. The number of carbonyl (C=O) groups is 1. The van der Waals surface area contributed by atoms with Gasteiger partial charge in [0.1, 0.15) is 0 Å². The molecule has 0 spiro atoms. The Kier molecular flexibility index (Phi) is 12.2. The molecule has 5 nitrogen and oxygen atoms in total. The number of hydrogen-bond donors (Lipinski definition) is 1. The molecule has 1 saturated heterocycles. The molecule has 28 heavy (non-hydrogen) atoms. The number of halogens is 3. The van der Waals surface area contributed by atoms with Crippen LogP contribution in [0, 0.1) is 12.8 Å². The highest BCUT2D eigenvalue weighted by Gasteiger charge is 2.29. The Hall–Kier alpha value is -0.890. The molecule has 2 unspecified atom stereocenters. The molecule has 2 atom stereocenters. The van der Waals surface area contributed by atoms with Crippen LogP contribution in [0.25, 0.3) is 0 Å². The number of aryl methyl sites for hydroxylation is 1. The van der Waals surface area contributed by atoms with Crippen LogP contribution < -0.4 is 5.73 Å². The van der Waals surface area contributed by atoms with Gasteiger partial charge in [-0.1, -0.05) is 37.3 Å². The topological polar surface area (TPSA) is 62.5 Å². The van der Waals surface area contributed by atoms with Crippen molar-refractivity contribution in [2.45, 2.75) is 26.4 Å². The summed E-state index contributed by atoms with van der Waals surface area (Å²) in [5.74, 6) is -0.0530. The molecule has 2 N–H and O–H groups in total. The Labute approximate surface area is 189 Å². The number of rotatable bonds is 5. The average molecular weight is 468 g/mol. The first-order valence-corrected chi connectivity index (χ1v) is 9.59. The van der Waals surface area contributed by atoms with Crippen molar-refractivity contribution in [1.29, 1.82) is 0 Å². The maximum atomic E-state index is 12.8. The highest BCUT2D eigenvalue weighted by atomic mass is 35.5. The molecule has 9 heteroatoms. The second kappa shape index (κ2) is 12.6. The summed E-state index contributed by atoms with van der Waals surface area (Å²) in [4.78, 5) is 22.7. The van der Waals surface area contributed by atoms with Crippen LogP contribution in [0.3, 0.4) is 0 Å². The van der Waals surface area contributed by atoms with E-state index in [1.165, 1.54) is 4.88 Å². The minimum Gasteiger partial charge on any atom is -0.340 e. The van der Waals surface area contributed by atoms with Crippen molar-refractivity contribution in [2.75, 3.05) is 26.2 Å². The van der Waals surface area contributed by atoms with Crippen molar-refractivity contribution >= 4 is 54.5 Å². The van der Waals surface area contributed by atoms with E-state index in [4.69, 9.17) is 5.73 Å². The molecule has 0 saturated carbocycles. The summed E-state index contributed by atoms with van der Waals surface area (Å²) in [5.41, 5.74) is 7.33. The summed E-state index contributed by atoms with van der Waals surface area (Å²) < 4.78 is 0. The lowest BCUT2D eigenvalue weighted by molar-refractivity contribution is -0.137. The van der Waals surface area contributed by atoms with Gasteiger partial charge in [-0.15, -0.1) is 48.6 Å². The molecule has 0 bridgehead atoms. The zero-order valence-corrected chi connectivity index (χ0v) is 19.4. The van der Waals surface area contributed by atoms with E-state index >= 15 is 0 Å². The molecule has 158 valence electrons. The molecule has 1 fully saturated rings. The van der Waals surface area contributed by atoms with Gasteiger partial charge in [-0.3, -0.25) is 9.69 Å². The lowest BCUT2D eigenvalue weighted by atomic mass is 9.94. The first-order chi connectivity index (χ1) is 12.0. The first kappa shape index (κ1) is 27.1. The number of benzene rings is 1. The lowest BCUT2D eigenvalue weighted by Gasteiger charge is -2.36. The predicted octanol–water partition coefficient (Wildman–Crippen LogP) is 3.70. The number of hydrogen-bond acceptors (Lipinski definition) is 5. The van der Waals surface area contributed by atoms with E-state index in [-0.39, 0.29) is 55.1 Å². The summed E-state index contributed by atoms with van der Waals surface area (Å²) in [6.07, 6.45) is 1.96. The van der Waals surface area contributed by atoms with Crippen molar-refractivity contribution in [1.82, 2.24) is 14.8 Å². The normalized spacial score (nSPS) is 16.2. The van der Waals surface area contributed by atoms with Gasteiger partial charge >= 0.3 is 0 Å². The zero-order valence-electron chi connectivity index (χ0n) is 16.1. The van der Waals surface area contributed by atoms with Crippen LogP contribution in [-0.4, -0.2) is 46.9 Å². The van der Waals surface area contributed by atoms with Crippen molar-refractivity contribution in [3.63, 3.8) is 0 Å². The Bertz CT molecular complexity index is 708. The zero-order chi connectivity index (χ0) is 17.8. The van der Waals surface area contributed by atoms with Gasteiger partial charge in [0.15, 0.2) is 0 Å². The van der Waals surface area contributed by atoms with Crippen LogP contribution in [0.5, 0.6) is 0 Å².